The molecule has 30 heavy (non-hydrogen) atoms. The van der Waals surface area contributed by atoms with Crippen LogP contribution in [0.2, 0.25) is 0 Å². The van der Waals surface area contributed by atoms with Gasteiger partial charge >= 0.3 is 5.97 Å². The number of hydrogen-bond acceptors (Lipinski definition) is 5. The Morgan fingerprint density at radius 1 is 1.07 bits per heavy atom. The molecule has 4 aliphatic carbocycles. The van der Waals surface area contributed by atoms with E-state index in [0.29, 0.717) is 36.0 Å². The fourth-order valence-electron chi connectivity index (χ4n) is 8.78. The van der Waals surface area contributed by atoms with Gasteiger partial charge in [-0.05, 0) is 97.7 Å². The summed E-state index contributed by atoms with van der Waals surface area (Å²) >= 11 is 0. The number of carbonyl (C=O) groups excluding carboxylic acids is 1. The van der Waals surface area contributed by atoms with Gasteiger partial charge in [0.05, 0.1) is 25.4 Å². The molecule has 3 N–H and O–H groups in total. The summed E-state index contributed by atoms with van der Waals surface area (Å²) < 4.78 is 4.83. The summed E-state index contributed by atoms with van der Waals surface area (Å²) in [6.07, 6.45) is 6.60. The van der Waals surface area contributed by atoms with Crippen molar-refractivity contribution in [3.8, 4) is 0 Å². The van der Waals surface area contributed by atoms with E-state index in [2.05, 4.69) is 20.8 Å². The van der Waals surface area contributed by atoms with E-state index in [0.717, 1.165) is 51.4 Å². The summed E-state index contributed by atoms with van der Waals surface area (Å²) in [5, 5.41) is 33.1. The maximum atomic E-state index is 11.7. The molecule has 172 valence electrons. The highest BCUT2D eigenvalue weighted by atomic mass is 16.5. The maximum absolute atomic E-state index is 11.7. The molecule has 0 aromatic carbocycles. The first kappa shape index (κ1) is 22.5. The Morgan fingerprint density at radius 3 is 2.50 bits per heavy atom. The van der Waals surface area contributed by atoms with Crippen molar-refractivity contribution in [1.82, 2.24) is 0 Å². The third kappa shape index (κ3) is 3.34. The van der Waals surface area contributed by atoms with Crippen molar-refractivity contribution in [3.05, 3.63) is 0 Å². The van der Waals surface area contributed by atoms with E-state index in [4.69, 9.17) is 4.74 Å². The monoisotopic (exact) mass is 422 g/mol. The quantitative estimate of drug-likeness (QED) is 0.603. The van der Waals surface area contributed by atoms with E-state index in [9.17, 15) is 20.1 Å². The number of fused-ring (bicyclic) bond motifs is 5. The number of ether oxygens (including phenoxy) is 1. The van der Waals surface area contributed by atoms with E-state index >= 15 is 0 Å². The van der Waals surface area contributed by atoms with Crippen LogP contribution >= 0.6 is 0 Å². The van der Waals surface area contributed by atoms with Gasteiger partial charge in [-0.3, -0.25) is 4.79 Å². The van der Waals surface area contributed by atoms with Crippen LogP contribution in [0.25, 0.3) is 0 Å². The molecular weight excluding hydrogens is 380 g/mol. The van der Waals surface area contributed by atoms with Crippen molar-refractivity contribution in [2.45, 2.75) is 96.9 Å². The number of hydrogen-bond donors (Lipinski definition) is 3. The molecule has 0 aromatic heterocycles. The van der Waals surface area contributed by atoms with Crippen LogP contribution < -0.4 is 0 Å². The Bertz CT molecular complexity index is 651. The lowest BCUT2D eigenvalue weighted by atomic mass is 9.43. The Hall–Kier alpha value is -0.650. The van der Waals surface area contributed by atoms with Crippen molar-refractivity contribution in [1.29, 1.82) is 0 Å². The molecule has 0 heterocycles. The van der Waals surface area contributed by atoms with E-state index in [1.165, 1.54) is 7.11 Å². The minimum Gasteiger partial charge on any atom is -0.469 e. The molecule has 4 fully saturated rings. The largest absolute Gasteiger partial charge is 0.469 e. The molecule has 0 aromatic rings. The molecule has 0 saturated heterocycles. The van der Waals surface area contributed by atoms with Crippen LogP contribution in [0.15, 0.2) is 0 Å². The van der Waals surface area contributed by atoms with Crippen LogP contribution in [0, 0.1) is 46.3 Å². The summed E-state index contributed by atoms with van der Waals surface area (Å²) in [5.41, 5.74) is -0.0882. The lowest BCUT2D eigenvalue weighted by molar-refractivity contribution is -0.207. The Labute approximate surface area is 181 Å². The van der Waals surface area contributed by atoms with Crippen LogP contribution in [0.4, 0.5) is 0 Å². The molecule has 5 nitrogen and oxygen atoms in total. The summed E-state index contributed by atoms with van der Waals surface area (Å²) in [5.74, 6) is 1.81. The van der Waals surface area contributed by atoms with Gasteiger partial charge < -0.3 is 20.1 Å². The Morgan fingerprint density at radius 2 is 1.80 bits per heavy atom. The van der Waals surface area contributed by atoms with E-state index in [1.807, 2.05) is 0 Å². The van der Waals surface area contributed by atoms with Crippen LogP contribution in [-0.2, 0) is 9.53 Å². The first-order valence-electron chi connectivity index (χ1n) is 12.2. The fourth-order valence-corrected chi connectivity index (χ4v) is 8.78. The predicted molar refractivity (Wildman–Crippen MR) is 114 cm³/mol. The number of methoxy groups -OCH3 is 1. The predicted octanol–water partition coefficient (Wildman–Crippen LogP) is 3.54. The van der Waals surface area contributed by atoms with Gasteiger partial charge in [0.25, 0.3) is 0 Å². The molecule has 0 aliphatic heterocycles. The SMILES string of the molecule is COC(=O)CC[C@@H](C)[C@H]1CC[C@H]2[C@@H]3[C@@H](O)C[C@@H]4C[C@H](O)CC[C@]4(C)[C@H]3C[C@@H](O)[C@]12C. The van der Waals surface area contributed by atoms with E-state index < -0.39 is 0 Å². The number of aliphatic hydroxyl groups is 3. The van der Waals surface area contributed by atoms with Gasteiger partial charge in [0.2, 0.25) is 0 Å². The molecule has 0 amide bonds. The van der Waals surface area contributed by atoms with Gasteiger partial charge in [0, 0.05) is 6.42 Å². The smallest absolute Gasteiger partial charge is 0.305 e. The molecule has 4 saturated carbocycles. The van der Waals surface area contributed by atoms with Crippen molar-refractivity contribution in [2.75, 3.05) is 7.11 Å². The number of aliphatic hydroxyl groups excluding tert-OH is 3. The average Bonchev–Trinajstić information content (AvgIpc) is 3.06. The molecule has 4 rings (SSSR count). The zero-order valence-electron chi connectivity index (χ0n) is 19.2. The van der Waals surface area contributed by atoms with Gasteiger partial charge in [0.1, 0.15) is 0 Å². The summed E-state index contributed by atoms with van der Waals surface area (Å²) in [6, 6.07) is 0. The van der Waals surface area contributed by atoms with Gasteiger partial charge in [-0.2, -0.15) is 0 Å². The summed E-state index contributed by atoms with van der Waals surface area (Å²) in [7, 11) is 1.44. The third-order valence-electron chi connectivity index (χ3n) is 10.6. The minimum absolute atomic E-state index is 0.111. The second-order valence-electron chi connectivity index (χ2n) is 11.6. The highest BCUT2D eigenvalue weighted by Gasteiger charge is 2.65. The van der Waals surface area contributed by atoms with Gasteiger partial charge in [-0.15, -0.1) is 0 Å². The molecule has 0 bridgehead atoms. The Kier molecular flexibility index (Phi) is 6.04. The minimum atomic E-state index is -0.369. The number of carbonyl (C=O) groups is 1. The zero-order valence-corrected chi connectivity index (χ0v) is 19.2. The molecule has 0 spiro atoms. The van der Waals surface area contributed by atoms with Crippen molar-refractivity contribution < 1.29 is 24.9 Å². The Balaban J connectivity index is 1.58. The van der Waals surface area contributed by atoms with E-state index in [-0.39, 0.29) is 41.0 Å². The highest BCUT2D eigenvalue weighted by Crippen LogP contribution is 2.68. The zero-order chi connectivity index (χ0) is 21.8. The van der Waals surface area contributed by atoms with Crippen molar-refractivity contribution >= 4 is 5.97 Å². The molecule has 5 heteroatoms. The molecule has 0 radical (unpaired) electrons. The fraction of sp³-hybridized carbons (Fsp3) is 0.960. The first-order valence-corrected chi connectivity index (χ1v) is 12.2. The van der Waals surface area contributed by atoms with Gasteiger partial charge in [-0.1, -0.05) is 20.8 Å². The van der Waals surface area contributed by atoms with Crippen molar-refractivity contribution in [3.63, 3.8) is 0 Å². The number of rotatable bonds is 4. The molecule has 4 aliphatic rings. The topological polar surface area (TPSA) is 87.0 Å². The average molecular weight is 423 g/mol. The normalized spacial score (nSPS) is 51.4. The summed E-state index contributed by atoms with van der Waals surface area (Å²) in [4.78, 5) is 11.7. The second-order valence-corrected chi connectivity index (χ2v) is 11.6. The van der Waals surface area contributed by atoms with Gasteiger partial charge in [0.15, 0.2) is 0 Å². The lowest BCUT2D eigenvalue weighted by Crippen LogP contribution is -2.62. The highest BCUT2D eigenvalue weighted by molar-refractivity contribution is 5.69. The maximum Gasteiger partial charge on any atom is 0.305 e. The molecule has 0 unspecified atom stereocenters. The summed E-state index contributed by atoms with van der Waals surface area (Å²) in [6.45, 7) is 6.85. The van der Waals surface area contributed by atoms with Gasteiger partial charge in [-0.25, -0.2) is 0 Å². The van der Waals surface area contributed by atoms with E-state index in [1.54, 1.807) is 0 Å². The number of esters is 1. The molecular formula is C25H42O5. The van der Waals surface area contributed by atoms with Crippen LogP contribution in [0.3, 0.4) is 0 Å². The van der Waals surface area contributed by atoms with Crippen LogP contribution in [-0.4, -0.2) is 46.7 Å². The second kappa shape index (κ2) is 8.04. The van der Waals surface area contributed by atoms with Crippen molar-refractivity contribution in [2.24, 2.45) is 46.3 Å². The standard InChI is InChI=1S/C25H42O5/c1-14(5-8-22(29)30-4)17-6-7-18-23-19(13-21(28)25(17,18)3)24(2)10-9-16(26)11-15(24)12-20(23)27/h14-21,23,26-28H,5-13H2,1-4H3/t14-,15+,16-,17-,18+,19+,20+,21-,23+,24+,25-/m1/s1. The first-order chi connectivity index (χ1) is 14.1. The van der Waals surface area contributed by atoms with Crippen LogP contribution in [0.5, 0.6) is 0 Å². The van der Waals surface area contributed by atoms with Crippen LogP contribution in [0.1, 0.15) is 78.6 Å². The third-order valence-corrected chi connectivity index (χ3v) is 10.6. The molecule has 11 atom stereocenters. The lowest BCUT2D eigenvalue weighted by Gasteiger charge is -2.63.